The molecule has 0 fully saturated rings. The van der Waals surface area contributed by atoms with Crippen LogP contribution in [0.4, 0.5) is 0 Å². The molecule has 0 saturated heterocycles. The highest BCUT2D eigenvalue weighted by Crippen LogP contribution is 2.54. The number of carbonyl (C=O) groups is 1. The van der Waals surface area contributed by atoms with Gasteiger partial charge in [-0.25, -0.2) is 4.79 Å². The standard InChI is InChI=1S/C42H36O2/c1-4-39(43)44-26-25-28-19-21-29(22-20-28)40-33-14-7-9-16-35(33)41(36-17-10-8-15-34(36)40)30-23-24-32-31-13-11-12-18-37(31)42(5-2,6-3)38(32)27-30/h4,7-24,27H,1,5-6,25-26H2,2-3H3. The van der Waals surface area contributed by atoms with Gasteiger partial charge in [-0.2, -0.15) is 0 Å². The van der Waals surface area contributed by atoms with Gasteiger partial charge in [-0.15, -0.1) is 0 Å². The zero-order valence-electron chi connectivity index (χ0n) is 25.4. The second-order valence-corrected chi connectivity index (χ2v) is 11.8. The van der Waals surface area contributed by atoms with Crippen molar-refractivity contribution in [1.82, 2.24) is 0 Å². The summed E-state index contributed by atoms with van der Waals surface area (Å²) in [6.45, 7) is 8.48. The van der Waals surface area contributed by atoms with Gasteiger partial charge in [0.15, 0.2) is 0 Å². The number of hydrogen-bond donors (Lipinski definition) is 0. The van der Waals surface area contributed by atoms with Crippen LogP contribution in [0.15, 0.2) is 128 Å². The van der Waals surface area contributed by atoms with Crippen LogP contribution in [0.1, 0.15) is 43.4 Å². The molecule has 0 radical (unpaired) electrons. The zero-order chi connectivity index (χ0) is 30.3. The first-order chi connectivity index (χ1) is 21.6. The molecule has 2 nitrogen and oxygen atoms in total. The molecule has 0 atom stereocenters. The largest absolute Gasteiger partial charge is 0.462 e. The van der Waals surface area contributed by atoms with Gasteiger partial charge < -0.3 is 4.74 Å². The SMILES string of the molecule is C=CC(=O)OCCc1ccc(-c2c3ccccc3c(-c3ccc4c(c3)C(CC)(CC)c3ccccc3-4)c3ccccc23)cc1. The van der Waals surface area contributed by atoms with Gasteiger partial charge in [0.2, 0.25) is 0 Å². The normalized spacial score (nSPS) is 13.0. The number of ether oxygens (including phenoxy) is 1. The number of carbonyl (C=O) groups excluding carboxylic acids is 1. The third-order valence-electron chi connectivity index (χ3n) is 9.74. The lowest BCUT2D eigenvalue weighted by Crippen LogP contribution is -2.23. The molecule has 0 aromatic heterocycles. The van der Waals surface area contributed by atoms with E-state index in [9.17, 15) is 4.79 Å². The minimum Gasteiger partial charge on any atom is -0.462 e. The van der Waals surface area contributed by atoms with E-state index in [2.05, 4.69) is 136 Å². The highest BCUT2D eigenvalue weighted by molar-refractivity contribution is 6.21. The Kier molecular flexibility index (Phi) is 7.14. The van der Waals surface area contributed by atoms with E-state index in [1.54, 1.807) is 0 Å². The molecular formula is C42H36O2. The van der Waals surface area contributed by atoms with Gasteiger partial charge >= 0.3 is 5.97 Å². The fraction of sp³-hybridized carbons (Fsp3) is 0.167. The van der Waals surface area contributed by atoms with Crippen LogP contribution in [0.3, 0.4) is 0 Å². The van der Waals surface area contributed by atoms with Gasteiger partial charge in [0.1, 0.15) is 0 Å². The molecule has 1 aliphatic carbocycles. The van der Waals surface area contributed by atoms with Crippen molar-refractivity contribution in [3.63, 3.8) is 0 Å². The van der Waals surface area contributed by atoms with Crippen LogP contribution in [0.5, 0.6) is 0 Å². The maximum Gasteiger partial charge on any atom is 0.330 e. The van der Waals surface area contributed by atoms with Gasteiger partial charge in [-0.3, -0.25) is 0 Å². The lowest BCUT2D eigenvalue weighted by atomic mass is 9.73. The van der Waals surface area contributed by atoms with Gasteiger partial charge in [0.25, 0.3) is 0 Å². The average Bonchev–Trinajstić information content (AvgIpc) is 3.36. The molecule has 0 bridgehead atoms. The third-order valence-corrected chi connectivity index (χ3v) is 9.74. The first-order valence-corrected chi connectivity index (χ1v) is 15.7. The Hall–Kier alpha value is -4.95. The van der Waals surface area contributed by atoms with Gasteiger partial charge in [0, 0.05) is 17.9 Å². The van der Waals surface area contributed by atoms with E-state index in [1.807, 2.05) is 0 Å². The fourth-order valence-corrected chi connectivity index (χ4v) is 7.54. The van der Waals surface area contributed by atoms with Crippen LogP contribution >= 0.6 is 0 Å². The van der Waals surface area contributed by atoms with Crippen LogP contribution < -0.4 is 0 Å². The topological polar surface area (TPSA) is 26.3 Å². The van der Waals surface area contributed by atoms with Crippen molar-refractivity contribution in [2.75, 3.05) is 6.61 Å². The highest BCUT2D eigenvalue weighted by atomic mass is 16.5. The first kappa shape index (κ1) is 27.9. The van der Waals surface area contributed by atoms with Crippen molar-refractivity contribution in [2.45, 2.75) is 38.5 Å². The summed E-state index contributed by atoms with van der Waals surface area (Å²) in [5, 5.41) is 5.01. The summed E-state index contributed by atoms with van der Waals surface area (Å²) in [4.78, 5) is 11.4. The molecule has 1 aliphatic rings. The minimum atomic E-state index is -0.386. The Morgan fingerprint density at radius 2 is 1.18 bits per heavy atom. The van der Waals surface area contributed by atoms with E-state index in [-0.39, 0.29) is 11.4 Å². The van der Waals surface area contributed by atoms with Crippen molar-refractivity contribution in [1.29, 1.82) is 0 Å². The molecule has 0 heterocycles. The summed E-state index contributed by atoms with van der Waals surface area (Å²) < 4.78 is 5.20. The summed E-state index contributed by atoms with van der Waals surface area (Å²) in [5.41, 5.74) is 11.8. The van der Waals surface area contributed by atoms with Crippen molar-refractivity contribution >= 4 is 27.5 Å². The maximum absolute atomic E-state index is 11.4. The molecule has 0 aliphatic heterocycles. The molecule has 0 N–H and O–H groups in total. The molecule has 0 saturated carbocycles. The maximum atomic E-state index is 11.4. The van der Waals surface area contributed by atoms with Gasteiger partial charge in [0.05, 0.1) is 6.61 Å². The van der Waals surface area contributed by atoms with E-state index >= 15 is 0 Å². The summed E-state index contributed by atoms with van der Waals surface area (Å²) in [5.74, 6) is -0.386. The Labute approximate surface area is 259 Å². The van der Waals surface area contributed by atoms with Gasteiger partial charge in [-0.05, 0) is 90.5 Å². The van der Waals surface area contributed by atoms with Crippen molar-refractivity contribution in [3.05, 3.63) is 145 Å². The molecule has 0 spiro atoms. The van der Waals surface area contributed by atoms with E-state index in [4.69, 9.17) is 4.74 Å². The van der Waals surface area contributed by atoms with Crippen LogP contribution in [-0.4, -0.2) is 12.6 Å². The van der Waals surface area contributed by atoms with Crippen LogP contribution in [0.25, 0.3) is 54.9 Å². The number of esters is 1. The smallest absolute Gasteiger partial charge is 0.330 e. The second-order valence-electron chi connectivity index (χ2n) is 11.8. The summed E-state index contributed by atoms with van der Waals surface area (Å²) >= 11 is 0. The molecule has 0 amide bonds. The fourth-order valence-electron chi connectivity index (χ4n) is 7.54. The Morgan fingerprint density at radius 1 is 0.659 bits per heavy atom. The van der Waals surface area contributed by atoms with Crippen LogP contribution in [0, 0.1) is 0 Å². The summed E-state index contributed by atoms with van der Waals surface area (Å²) in [7, 11) is 0. The molecule has 44 heavy (non-hydrogen) atoms. The Morgan fingerprint density at radius 3 is 1.77 bits per heavy atom. The Bertz CT molecular complexity index is 1990. The molecule has 7 rings (SSSR count). The van der Waals surface area contributed by atoms with Crippen LogP contribution in [-0.2, 0) is 21.4 Å². The number of benzene rings is 6. The number of hydrogen-bond acceptors (Lipinski definition) is 2. The molecular weight excluding hydrogens is 536 g/mol. The van der Waals surface area contributed by atoms with E-state index in [1.165, 1.54) is 72.1 Å². The lowest BCUT2D eigenvalue weighted by Gasteiger charge is -2.30. The van der Waals surface area contributed by atoms with E-state index in [0.717, 1.165) is 18.4 Å². The third kappa shape index (κ3) is 4.36. The molecule has 2 heteroatoms. The number of fused-ring (bicyclic) bond motifs is 5. The van der Waals surface area contributed by atoms with Crippen molar-refractivity contribution in [2.24, 2.45) is 0 Å². The Balaban J connectivity index is 1.40. The predicted molar refractivity (Wildman–Crippen MR) is 184 cm³/mol. The van der Waals surface area contributed by atoms with Crippen LogP contribution in [0.2, 0.25) is 0 Å². The average molecular weight is 573 g/mol. The second kappa shape index (κ2) is 11.3. The summed E-state index contributed by atoms with van der Waals surface area (Å²) in [6, 6.07) is 42.5. The zero-order valence-corrected chi connectivity index (χ0v) is 25.4. The summed E-state index contributed by atoms with van der Waals surface area (Å²) in [6.07, 6.45) is 4.02. The molecule has 6 aromatic carbocycles. The van der Waals surface area contributed by atoms with E-state index < -0.39 is 0 Å². The van der Waals surface area contributed by atoms with E-state index in [0.29, 0.717) is 13.0 Å². The lowest BCUT2D eigenvalue weighted by molar-refractivity contribution is -0.137. The minimum absolute atomic E-state index is 0.0270. The van der Waals surface area contributed by atoms with Crippen molar-refractivity contribution in [3.8, 4) is 33.4 Å². The van der Waals surface area contributed by atoms with Crippen molar-refractivity contribution < 1.29 is 9.53 Å². The van der Waals surface area contributed by atoms with Gasteiger partial charge in [-0.1, -0.05) is 130 Å². The highest BCUT2D eigenvalue weighted by Gasteiger charge is 2.40. The predicted octanol–water partition coefficient (Wildman–Crippen LogP) is 10.7. The first-order valence-electron chi connectivity index (χ1n) is 15.7. The number of rotatable bonds is 8. The quantitative estimate of drug-likeness (QED) is 0.103. The molecule has 6 aromatic rings. The molecule has 216 valence electrons. The monoisotopic (exact) mass is 572 g/mol. The molecule has 0 unspecified atom stereocenters.